The molecule has 5 nitrogen and oxygen atoms in total. The molecule has 1 aliphatic heterocycles. The molecule has 2 heterocycles. The third kappa shape index (κ3) is 1.91. The van der Waals surface area contributed by atoms with E-state index in [9.17, 15) is 4.79 Å². The van der Waals surface area contributed by atoms with Crippen LogP contribution in [0.25, 0.3) is 0 Å². The van der Waals surface area contributed by atoms with Crippen LogP contribution in [0, 0.1) is 17.2 Å². The summed E-state index contributed by atoms with van der Waals surface area (Å²) < 4.78 is 0. The van der Waals surface area contributed by atoms with Gasteiger partial charge in [-0.2, -0.15) is 10.4 Å². The first-order valence-corrected chi connectivity index (χ1v) is 5.45. The van der Waals surface area contributed by atoms with Crippen LogP contribution in [0.2, 0.25) is 0 Å². The third-order valence-electron chi connectivity index (χ3n) is 3.04. The van der Waals surface area contributed by atoms with E-state index < -0.39 is 0 Å². The second-order valence-corrected chi connectivity index (χ2v) is 4.25. The molecule has 0 aromatic carbocycles. The molecule has 1 fully saturated rings. The average molecular weight is 218 g/mol. The topological polar surface area (TPSA) is 72.8 Å². The van der Waals surface area contributed by atoms with E-state index in [1.807, 2.05) is 6.07 Å². The lowest BCUT2D eigenvalue weighted by Gasteiger charge is -2.29. The highest BCUT2D eigenvalue weighted by Crippen LogP contribution is 2.18. The summed E-state index contributed by atoms with van der Waals surface area (Å²) in [5, 5.41) is 15.1. The molecule has 16 heavy (non-hydrogen) atoms. The van der Waals surface area contributed by atoms with Gasteiger partial charge in [0.1, 0.15) is 17.3 Å². The van der Waals surface area contributed by atoms with Crippen LogP contribution < -0.4 is 0 Å². The molecule has 0 atom stereocenters. The van der Waals surface area contributed by atoms with Gasteiger partial charge in [-0.05, 0) is 18.8 Å². The molecule has 0 unspecified atom stereocenters. The molecule has 84 valence electrons. The van der Waals surface area contributed by atoms with Crippen LogP contribution in [0.5, 0.6) is 0 Å². The fourth-order valence-electron chi connectivity index (χ4n) is 1.90. The monoisotopic (exact) mass is 218 g/mol. The summed E-state index contributed by atoms with van der Waals surface area (Å²) in [6, 6.07) is 1.96. The zero-order chi connectivity index (χ0) is 11.5. The highest BCUT2D eigenvalue weighted by atomic mass is 16.2. The second kappa shape index (κ2) is 4.35. The van der Waals surface area contributed by atoms with Crippen molar-refractivity contribution in [1.82, 2.24) is 15.1 Å². The zero-order valence-electron chi connectivity index (χ0n) is 9.23. The van der Waals surface area contributed by atoms with Gasteiger partial charge < -0.3 is 4.90 Å². The van der Waals surface area contributed by atoms with E-state index in [1.54, 1.807) is 4.90 Å². The molecule has 1 aromatic heterocycles. The fourth-order valence-corrected chi connectivity index (χ4v) is 1.90. The van der Waals surface area contributed by atoms with Gasteiger partial charge in [-0.3, -0.25) is 9.89 Å². The largest absolute Gasteiger partial charge is 0.337 e. The van der Waals surface area contributed by atoms with Crippen LogP contribution >= 0.6 is 0 Å². The lowest BCUT2D eigenvalue weighted by Crippen LogP contribution is -2.38. The van der Waals surface area contributed by atoms with Crippen molar-refractivity contribution in [1.29, 1.82) is 5.26 Å². The number of aromatic amines is 1. The Bertz CT molecular complexity index is 423. The number of piperidine rings is 1. The Balaban J connectivity index is 2.11. The number of H-pyrrole nitrogens is 1. The highest BCUT2D eigenvalue weighted by Gasteiger charge is 2.24. The number of likely N-dealkylation sites (tertiary alicyclic amines) is 1. The van der Waals surface area contributed by atoms with Crippen LogP contribution in [0.1, 0.15) is 35.8 Å². The lowest BCUT2D eigenvalue weighted by molar-refractivity contribution is 0.0691. The smallest absolute Gasteiger partial charge is 0.273 e. The molecule has 1 aromatic rings. The minimum Gasteiger partial charge on any atom is -0.337 e. The summed E-state index contributed by atoms with van der Waals surface area (Å²) in [7, 11) is 0. The molecule has 0 aliphatic carbocycles. The maximum Gasteiger partial charge on any atom is 0.273 e. The molecular weight excluding hydrogens is 204 g/mol. The summed E-state index contributed by atoms with van der Waals surface area (Å²) in [6.07, 6.45) is 3.45. The van der Waals surface area contributed by atoms with Crippen molar-refractivity contribution >= 4 is 5.91 Å². The molecule has 0 bridgehead atoms. The van der Waals surface area contributed by atoms with E-state index in [4.69, 9.17) is 5.26 Å². The normalized spacial score (nSPS) is 17.1. The Morgan fingerprint density at radius 1 is 1.62 bits per heavy atom. The number of amides is 1. The van der Waals surface area contributed by atoms with E-state index in [1.165, 1.54) is 6.20 Å². The van der Waals surface area contributed by atoms with Crippen LogP contribution in [0.3, 0.4) is 0 Å². The van der Waals surface area contributed by atoms with E-state index in [0.717, 1.165) is 25.9 Å². The number of nitrogens with one attached hydrogen (secondary N) is 1. The van der Waals surface area contributed by atoms with E-state index in [-0.39, 0.29) is 5.91 Å². The van der Waals surface area contributed by atoms with Gasteiger partial charge in [0.2, 0.25) is 0 Å². The number of carbonyl (C=O) groups is 1. The average Bonchev–Trinajstić information content (AvgIpc) is 2.77. The third-order valence-corrected chi connectivity index (χ3v) is 3.04. The summed E-state index contributed by atoms with van der Waals surface area (Å²) in [6.45, 7) is 3.73. The van der Waals surface area contributed by atoms with Crippen molar-refractivity contribution in [2.24, 2.45) is 5.92 Å². The molecule has 0 radical (unpaired) electrons. The van der Waals surface area contributed by atoms with Gasteiger partial charge >= 0.3 is 0 Å². The Hall–Kier alpha value is -1.83. The van der Waals surface area contributed by atoms with Crippen LogP contribution in [-0.4, -0.2) is 34.1 Å². The van der Waals surface area contributed by atoms with Crippen molar-refractivity contribution in [2.75, 3.05) is 13.1 Å². The molecule has 1 saturated heterocycles. The molecule has 1 aliphatic rings. The van der Waals surface area contributed by atoms with E-state index >= 15 is 0 Å². The number of nitrogens with zero attached hydrogens (tertiary/aromatic N) is 3. The maximum absolute atomic E-state index is 12.1. The number of rotatable bonds is 1. The van der Waals surface area contributed by atoms with Gasteiger partial charge in [-0.25, -0.2) is 0 Å². The highest BCUT2D eigenvalue weighted by molar-refractivity contribution is 5.94. The molecule has 0 saturated carbocycles. The summed E-state index contributed by atoms with van der Waals surface area (Å²) in [5.41, 5.74) is 0.640. The summed E-state index contributed by atoms with van der Waals surface area (Å²) in [5.74, 6) is 0.571. The first-order valence-electron chi connectivity index (χ1n) is 5.45. The number of aromatic nitrogens is 2. The number of nitriles is 1. The predicted octanol–water partition coefficient (Wildman–Crippen LogP) is 1.15. The quantitative estimate of drug-likeness (QED) is 0.768. The molecule has 0 spiro atoms. The number of carbonyl (C=O) groups excluding carboxylic acids is 1. The van der Waals surface area contributed by atoms with Crippen molar-refractivity contribution in [3.63, 3.8) is 0 Å². The van der Waals surface area contributed by atoms with Gasteiger partial charge in [0.15, 0.2) is 0 Å². The number of hydrogen-bond acceptors (Lipinski definition) is 3. The van der Waals surface area contributed by atoms with Crippen LogP contribution in [0.4, 0.5) is 0 Å². The van der Waals surface area contributed by atoms with Gasteiger partial charge in [-0.1, -0.05) is 6.92 Å². The first-order chi connectivity index (χ1) is 7.72. The Kier molecular flexibility index (Phi) is 2.91. The maximum atomic E-state index is 12.1. The molecule has 2 rings (SSSR count). The van der Waals surface area contributed by atoms with Crippen LogP contribution in [0.15, 0.2) is 6.20 Å². The molecule has 5 heteroatoms. The minimum atomic E-state index is -0.110. The SMILES string of the molecule is CC1CCN(C(=O)c2[nH]ncc2C#N)CC1. The second-order valence-electron chi connectivity index (χ2n) is 4.25. The molecule has 1 amide bonds. The van der Waals surface area contributed by atoms with Gasteiger partial charge in [0.05, 0.1) is 6.20 Å². The van der Waals surface area contributed by atoms with Crippen molar-refractivity contribution < 1.29 is 4.79 Å². The summed E-state index contributed by atoms with van der Waals surface area (Å²) >= 11 is 0. The molecule has 1 N–H and O–H groups in total. The first kappa shape index (κ1) is 10.7. The fraction of sp³-hybridized carbons (Fsp3) is 0.545. The van der Waals surface area contributed by atoms with Crippen molar-refractivity contribution in [3.05, 3.63) is 17.5 Å². The van der Waals surface area contributed by atoms with E-state index in [0.29, 0.717) is 17.2 Å². The Morgan fingerprint density at radius 3 is 2.94 bits per heavy atom. The minimum absolute atomic E-state index is 0.110. The van der Waals surface area contributed by atoms with Crippen molar-refractivity contribution in [2.45, 2.75) is 19.8 Å². The Labute approximate surface area is 94.1 Å². The van der Waals surface area contributed by atoms with Crippen molar-refractivity contribution in [3.8, 4) is 6.07 Å². The van der Waals surface area contributed by atoms with Gasteiger partial charge in [-0.15, -0.1) is 0 Å². The van der Waals surface area contributed by atoms with Crippen LogP contribution in [-0.2, 0) is 0 Å². The molecular formula is C11H14N4O. The summed E-state index contributed by atoms with van der Waals surface area (Å²) in [4.78, 5) is 13.8. The number of hydrogen-bond donors (Lipinski definition) is 1. The standard InChI is InChI=1S/C11H14N4O/c1-8-2-4-15(5-3-8)11(16)10-9(6-12)7-13-14-10/h7-8H,2-5H2,1H3,(H,13,14). The lowest BCUT2D eigenvalue weighted by atomic mass is 9.99. The Morgan fingerprint density at radius 2 is 2.31 bits per heavy atom. The van der Waals surface area contributed by atoms with E-state index in [2.05, 4.69) is 17.1 Å². The van der Waals surface area contributed by atoms with Gasteiger partial charge in [0.25, 0.3) is 5.91 Å². The predicted molar refractivity (Wildman–Crippen MR) is 57.6 cm³/mol. The van der Waals surface area contributed by atoms with Gasteiger partial charge in [0, 0.05) is 13.1 Å². The zero-order valence-corrected chi connectivity index (χ0v) is 9.23.